The fourth-order valence-electron chi connectivity index (χ4n) is 2.46. The lowest BCUT2D eigenvalue weighted by molar-refractivity contribution is 0.0698. The van der Waals surface area contributed by atoms with Crippen LogP contribution in [0.1, 0.15) is 36.0 Å². The summed E-state index contributed by atoms with van der Waals surface area (Å²) >= 11 is 5.75. The minimum Gasteiger partial charge on any atom is -0.478 e. The van der Waals surface area contributed by atoms with Gasteiger partial charge >= 0.3 is 16.2 Å². The lowest BCUT2D eigenvalue weighted by Crippen LogP contribution is -2.39. The topological polar surface area (TPSA) is 86.7 Å². The van der Waals surface area contributed by atoms with Crippen LogP contribution in [-0.2, 0) is 10.2 Å². The van der Waals surface area contributed by atoms with Crippen LogP contribution in [0.2, 0.25) is 5.02 Å². The molecule has 21 heavy (non-hydrogen) atoms. The number of carboxylic acid groups (broad SMARTS) is 1. The Morgan fingerprint density at radius 1 is 1.38 bits per heavy atom. The first-order chi connectivity index (χ1) is 9.81. The molecule has 1 aliphatic carbocycles. The van der Waals surface area contributed by atoms with Crippen LogP contribution in [0, 0.1) is 0 Å². The molecule has 2 N–H and O–H groups in total. The molecule has 0 saturated heterocycles. The molecule has 1 aromatic carbocycles. The summed E-state index contributed by atoms with van der Waals surface area (Å²) in [4.78, 5) is 11.2. The highest BCUT2D eigenvalue weighted by Crippen LogP contribution is 2.27. The van der Waals surface area contributed by atoms with E-state index in [0.29, 0.717) is 0 Å². The number of anilines is 1. The Morgan fingerprint density at radius 3 is 2.57 bits per heavy atom. The van der Waals surface area contributed by atoms with Gasteiger partial charge in [-0.3, -0.25) is 4.72 Å². The molecule has 1 fully saturated rings. The molecule has 0 aromatic heterocycles. The summed E-state index contributed by atoms with van der Waals surface area (Å²) in [6.07, 6.45) is 3.66. The Hall–Kier alpha value is -1.31. The molecule has 0 radical (unpaired) electrons. The van der Waals surface area contributed by atoms with Crippen LogP contribution < -0.4 is 4.72 Å². The van der Waals surface area contributed by atoms with Crippen LogP contribution in [0.3, 0.4) is 0 Å². The van der Waals surface area contributed by atoms with Gasteiger partial charge in [-0.1, -0.05) is 24.4 Å². The number of carboxylic acids is 1. The zero-order valence-corrected chi connectivity index (χ0v) is 13.1. The van der Waals surface area contributed by atoms with Crippen LogP contribution in [0.4, 0.5) is 5.69 Å². The third-order valence-corrected chi connectivity index (χ3v) is 5.44. The Kier molecular flexibility index (Phi) is 4.75. The van der Waals surface area contributed by atoms with Crippen molar-refractivity contribution in [1.82, 2.24) is 4.31 Å². The zero-order chi connectivity index (χ0) is 15.6. The van der Waals surface area contributed by atoms with Crippen LogP contribution in [0.25, 0.3) is 0 Å². The lowest BCUT2D eigenvalue weighted by atomic mass is 10.2. The highest BCUT2D eigenvalue weighted by atomic mass is 35.5. The molecule has 0 unspecified atom stereocenters. The highest BCUT2D eigenvalue weighted by molar-refractivity contribution is 7.90. The SMILES string of the molecule is CN(C1CCCC1)S(=O)(=O)Nc1ccc(Cl)cc1C(=O)O. The predicted octanol–water partition coefficient (Wildman–Crippen LogP) is 2.57. The molecule has 116 valence electrons. The Labute approximate surface area is 128 Å². The number of benzene rings is 1. The number of hydrogen-bond donors (Lipinski definition) is 2. The van der Waals surface area contributed by atoms with Crippen molar-refractivity contribution in [1.29, 1.82) is 0 Å². The smallest absolute Gasteiger partial charge is 0.337 e. The van der Waals surface area contributed by atoms with E-state index in [4.69, 9.17) is 16.7 Å². The van der Waals surface area contributed by atoms with E-state index in [1.807, 2.05) is 0 Å². The van der Waals surface area contributed by atoms with Gasteiger partial charge in [-0.05, 0) is 31.0 Å². The maximum Gasteiger partial charge on any atom is 0.337 e. The van der Waals surface area contributed by atoms with Gasteiger partial charge in [0.05, 0.1) is 11.3 Å². The van der Waals surface area contributed by atoms with Crippen molar-refractivity contribution in [2.75, 3.05) is 11.8 Å². The van der Waals surface area contributed by atoms with E-state index in [2.05, 4.69) is 4.72 Å². The van der Waals surface area contributed by atoms with E-state index in [9.17, 15) is 13.2 Å². The van der Waals surface area contributed by atoms with Gasteiger partial charge in [0.1, 0.15) is 0 Å². The Balaban J connectivity index is 2.26. The van der Waals surface area contributed by atoms with E-state index in [0.717, 1.165) is 25.7 Å². The fraction of sp³-hybridized carbons (Fsp3) is 0.462. The van der Waals surface area contributed by atoms with E-state index < -0.39 is 16.2 Å². The second-order valence-corrected chi connectivity index (χ2v) is 7.22. The molecule has 0 amide bonds. The van der Waals surface area contributed by atoms with E-state index in [1.54, 1.807) is 0 Å². The van der Waals surface area contributed by atoms with Gasteiger partial charge in [0.2, 0.25) is 0 Å². The summed E-state index contributed by atoms with van der Waals surface area (Å²) in [6.45, 7) is 0. The van der Waals surface area contributed by atoms with Crippen molar-refractivity contribution < 1.29 is 18.3 Å². The van der Waals surface area contributed by atoms with Gasteiger partial charge in [0, 0.05) is 18.1 Å². The van der Waals surface area contributed by atoms with E-state index in [1.165, 1.54) is 29.6 Å². The van der Waals surface area contributed by atoms with E-state index in [-0.39, 0.29) is 22.3 Å². The molecular weight excluding hydrogens is 316 g/mol. The molecule has 0 heterocycles. The first-order valence-electron chi connectivity index (χ1n) is 6.60. The largest absolute Gasteiger partial charge is 0.478 e. The summed E-state index contributed by atoms with van der Waals surface area (Å²) in [5.41, 5.74) is -0.164. The van der Waals surface area contributed by atoms with Gasteiger partial charge in [0.25, 0.3) is 0 Å². The van der Waals surface area contributed by atoms with Crippen molar-refractivity contribution in [3.8, 4) is 0 Å². The van der Waals surface area contributed by atoms with Crippen LogP contribution in [0.5, 0.6) is 0 Å². The summed E-state index contributed by atoms with van der Waals surface area (Å²) in [6, 6.07) is 3.98. The zero-order valence-electron chi connectivity index (χ0n) is 11.5. The normalized spacial score (nSPS) is 16.3. The molecule has 0 spiro atoms. The van der Waals surface area contributed by atoms with Gasteiger partial charge in [0.15, 0.2) is 0 Å². The number of halogens is 1. The first-order valence-corrected chi connectivity index (χ1v) is 8.41. The van der Waals surface area contributed by atoms with Gasteiger partial charge < -0.3 is 5.11 Å². The third kappa shape index (κ3) is 3.66. The highest BCUT2D eigenvalue weighted by Gasteiger charge is 2.29. The molecule has 0 atom stereocenters. The molecule has 0 aliphatic heterocycles. The average molecular weight is 333 g/mol. The van der Waals surface area contributed by atoms with Crippen molar-refractivity contribution in [2.45, 2.75) is 31.7 Å². The molecule has 0 bridgehead atoms. The molecule has 1 aromatic rings. The predicted molar refractivity (Wildman–Crippen MR) is 81.0 cm³/mol. The molecule has 8 heteroatoms. The van der Waals surface area contributed by atoms with Gasteiger partial charge in [-0.15, -0.1) is 0 Å². The summed E-state index contributed by atoms with van der Waals surface area (Å²) < 4.78 is 28.3. The minimum absolute atomic E-state index is 0.0109. The number of carbonyl (C=O) groups is 1. The molecule has 1 saturated carbocycles. The van der Waals surface area contributed by atoms with Crippen LogP contribution in [-0.4, -0.2) is 36.9 Å². The number of hydrogen-bond acceptors (Lipinski definition) is 3. The maximum absolute atomic E-state index is 12.3. The second-order valence-electron chi connectivity index (χ2n) is 5.06. The molecule has 2 rings (SSSR count). The molecular formula is C13H17ClN2O4S. The fourth-order valence-corrected chi connectivity index (χ4v) is 3.83. The van der Waals surface area contributed by atoms with Gasteiger partial charge in [-0.25, -0.2) is 4.79 Å². The monoisotopic (exact) mass is 332 g/mol. The maximum atomic E-state index is 12.3. The average Bonchev–Trinajstić information content (AvgIpc) is 2.93. The Morgan fingerprint density at radius 2 is 2.00 bits per heavy atom. The molecule has 6 nitrogen and oxygen atoms in total. The number of nitrogens with one attached hydrogen (secondary N) is 1. The second kappa shape index (κ2) is 6.21. The van der Waals surface area contributed by atoms with Crippen LogP contribution in [0.15, 0.2) is 18.2 Å². The first kappa shape index (κ1) is 16.1. The number of aromatic carboxylic acids is 1. The summed E-state index contributed by atoms with van der Waals surface area (Å²) in [5, 5.41) is 9.37. The number of rotatable bonds is 5. The van der Waals surface area contributed by atoms with Crippen LogP contribution >= 0.6 is 11.6 Å². The third-order valence-electron chi connectivity index (χ3n) is 3.67. The Bertz CT molecular complexity index is 642. The standard InChI is InChI=1S/C13H17ClN2O4S/c1-16(10-4-2-3-5-10)21(19,20)15-12-7-6-9(14)8-11(12)13(17)18/h6-8,10,15H,2-5H2,1H3,(H,17,18). The quantitative estimate of drug-likeness (QED) is 0.867. The number of nitrogens with zero attached hydrogens (tertiary/aromatic N) is 1. The summed E-state index contributed by atoms with van der Waals surface area (Å²) in [5.74, 6) is -1.24. The van der Waals surface area contributed by atoms with Gasteiger partial charge in [-0.2, -0.15) is 12.7 Å². The summed E-state index contributed by atoms with van der Waals surface area (Å²) in [7, 11) is -2.28. The minimum atomic E-state index is -3.79. The van der Waals surface area contributed by atoms with Crippen molar-refractivity contribution in [3.05, 3.63) is 28.8 Å². The molecule has 1 aliphatic rings. The van der Waals surface area contributed by atoms with Crippen molar-refractivity contribution in [2.24, 2.45) is 0 Å². The lowest BCUT2D eigenvalue weighted by Gasteiger charge is -2.24. The van der Waals surface area contributed by atoms with Crippen molar-refractivity contribution >= 4 is 33.5 Å². The van der Waals surface area contributed by atoms with E-state index >= 15 is 0 Å². The van der Waals surface area contributed by atoms with Crippen molar-refractivity contribution in [3.63, 3.8) is 0 Å².